The van der Waals surface area contributed by atoms with Gasteiger partial charge in [0.2, 0.25) is 0 Å². The molecule has 6 heteroatoms. The molecule has 10 heavy (non-hydrogen) atoms. The van der Waals surface area contributed by atoms with Crippen LogP contribution in [0.1, 0.15) is 0 Å². The number of rotatable bonds is 0. The number of H-pyrrole nitrogens is 2. The van der Waals surface area contributed by atoms with Gasteiger partial charge >= 0.3 is 0 Å². The predicted octanol–water partition coefficient (Wildman–Crippen LogP) is -0.391. The highest BCUT2D eigenvalue weighted by atomic mass is 15.3. The van der Waals surface area contributed by atoms with Crippen molar-refractivity contribution < 1.29 is 0 Å². The van der Waals surface area contributed by atoms with E-state index in [-0.39, 0.29) is 0 Å². The van der Waals surface area contributed by atoms with E-state index in [4.69, 9.17) is 0 Å². The van der Waals surface area contributed by atoms with Crippen molar-refractivity contribution in [3.8, 4) is 0 Å². The molecule has 2 rings (SSSR count). The summed E-state index contributed by atoms with van der Waals surface area (Å²) in [6.45, 7) is 0. The van der Waals surface area contributed by atoms with Crippen molar-refractivity contribution in [1.82, 2.24) is 30.6 Å². The molecule has 0 bridgehead atoms. The molecule has 0 atom stereocenters. The van der Waals surface area contributed by atoms with Gasteiger partial charge in [0, 0.05) is 0 Å². The first-order chi connectivity index (χ1) is 5.00. The third-order valence-corrected chi connectivity index (χ3v) is 0.662. The molecule has 0 radical (unpaired) electrons. The smallest absolute Gasteiger partial charge is 0.137 e. The molecule has 0 spiro atoms. The van der Waals surface area contributed by atoms with Gasteiger partial charge in [-0.05, 0) is 0 Å². The number of aromatic nitrogens is 6. The van der Waals surface area contributed by atoms with Crippen molar-refractivity contribution in [3.63, 3.8) is 0 Å². The summed E-state index contributed by atoms with van der Waals surface area (Å²) in [6.07, 6.45) is 6.12. The van der Waals surface area contributed by atoms with E-state index in [0.717, 1.165) is 0 Å². The van der Waals surface area contributed by atoms with Gasteiger partial charge in [0.15, 0.2) is 0 Å². The number of hydrogen-bond donors (Lipinski definition) is 2. The van der Waals surface area contributed by atoms with E-state index in [2.05, 4.69) is 30.6 Å². The minimum Gasteiger partial charge on any atom is -0.266 e. The molecule has 0 aromatic carbocycles. The molecule has 0 saturated heterocycles. The molecule has 2 heterocycles. The summed E-state index contributed by atoms with van der Waals surface area (Å²) in [5.74, 6) is 0. The fraction of sp³-hybridized carbons (Fsp3) is 0. The normalized spacial score (nSPS) is 8.00. The number of nitrogens with one attached hydrogen (secondary N) is 2. The molecule has 0 saturated carbocycles. The van der Waals surface area contributed by atoms with Gasteiger partial charge in [-0.3, -0.25) is 5.10 Å². The van der Waals surface area contributed by atoms with Crippen molar-refractivity contribution >= 4 is 0 Å². The van der Waals surface area contributed by atoms with Gasteiger partial charge in [-0.2, -0.15) is 20.5 Å². The van der Waals surface area contributed by atoms with Crippen LogP contribution in [0.3, 0.4) is 0 Å². The molecule has 0 amide bonds. The average Bonchev–Trinajstić information content (AvgIpc) is 2.67. The van der Waals surface area contributed by atoms with Gasteiger partial charge in [0.1, 0.15) is 12.7 Å². The van der Waals surface area contributed by atoms with E-state index >= 15 is 0 Å². The highest BCUT2D eigenvalue weighted by molar-refractivity contribution is 4.54. The highest BCUT2D eigenvalue weighted by Gasteiger charge is 1.57. The molecule has 0 fully saturated rings. The second kappa shape index (κ2) is 4.19. The van der Waals surface area contributed by atoms with E-state index in [1.54, 1.807) is 12.4 Å². The van der Waals surface area contributed by atoms with E-state index < -0.39 is 0 Å². The molecule has 0 aliphatic rings. The SMILES string of the molecule is c1cn[nH]n1.c1nc[nH]n1. The van der Waals surface area contributed by atoms with Gasteiger partial charge in [-0.15, -0.1) is 0 Å². The molecule has 0 aliphatic heterocycles. The van der Waals surface area contributed by atoms with Crippen LogP contribution in [0.15, 0.2) is 25.0 Å². The first-order valence-corrected chi connectivity index (χ1v) is 2.58. The number of aromatic amines is 2. The van der Waals surface area contributed by atoms with Crippen LogP contribution in [0.4, 0.5) is 0 Å². The van der Waals surface area contributed by atoms with Crippen LogP contribution in [-0.4, -0.2) is 30.6 Å². The lowest BCUT2D eigenvalue weighted by atomic mass is 11.0. The lowest BCUT2D eigenvalue weighted by Crippen LogP contribution is -1.61. The second-order valence-electron chi connectivity index (χ2n) is 1.31. The molecule has 2 aromatic rings. The minimum atomic E-state index is 1.44. The van der Waals surface area contributed by atoms with Crippen molar-refractivity contribution in [3.05, 3.63) is 25.0 Å². The third kappa shape index (κ3) is 2.55. The Morgan fingerprint density at radius 2 is 1.80 bits per heavy atom. The molecule has 2 N–H and O–H groups in total. The van der Waals surface area contributed by atoms with E-state index in [1.165, 1.54) is 12.7 Å². The van der Waals surface area contributed by atoms with Gasteiger partial charge in [-0.25, -0.2) is 4.98 Å². The summed E-state index contributed by atoms with van der Waals surface area (Å²) in [5, 5.41) is 15.3. The van der Waals surface area contributed by atoms with Crippen LogP contribution in [0.2, 0.25) is 0 Å². The lowest BCUT2D eigenvalue weighted by Gasteiger charge is -1.48. The monoisotopic (exact) mass is 138 g/mol. The Labute approximate surface area is 56.7 Å². The maximum Gasteiger partial charge on any atom is 0.137 e. The van der Waals surface area contributed by atoms with Crippen molar-refractivity contribution in [2.45, 2.75) is 0 Å². The van der Waals surface area contributed by atoms with Gasteiger partial charge in [0.25, 0.3) is 0 Å². The quantitative estimate of drug-likeness (QED) is 0.519. The van der Waals surface area contributed by atoms with Gasteiger partial charge in [-0.1, -0.05) is 0 Å². The van der Waals surface area contributed by atoms with Crippen LogP contribution < -0.4 is 0 Å². The molecule has 52 valence electrons. The van der Waals surface area contributed by atoms with Crippen LogP contribution in [0, 0.1) is 0 Å². The Morgan fingerprint density at radius 1 is 1.00 bits per heavy atom. The predicted molar refractivity (Wildman–Crippen MR) is 32.8 cm³/mol. The Balaban J connectivity index is 0.0000001000. The first-order valence-electron chi connectivity index (χ1n) is 2.58. The van der Waals surface area contributed by atoms with Crippen LogP contribution >= 0.6 is 0 Å². The molecule has 2 aromatic heterocycles. The fourth-order valence-corrected chi connectivity index (χ4v) is 0.333. The summed E-state index contributed by atoms with van der Waals surface area (Å²) in [6, 6.07) is 0. The molecule has 0 unspecified atom stereocenters. The van der Waals surface area contributed by atoms with Crippen molar-refractivity contribution in [2.75, 3.05) is 0 Å². The zero-order chi connectivity index (χ0) is 7.07. The topological polar surface area (TPSA) is 83.1 Å². The van der Waals surface area contributed by atoms with Crippen LogP contribution in [-0.2, 0) is 0 Å². The summed E-state index contributed by atoms with van der Waals surface area (Å²) in [4.78, 5) is 3.56. The second-order valence-corrected chi connectivity index (χ2v) is 1.31. The fourth-order valence-electron chi connectivity index (χ4n) is 0.333. The maximum atomic E-state index is 3.56. The average molecular weight is 138 g/mol. The lowest BCUT2D eigenvalue weighted by molar-refractivity contribution is 0.940. The van der Waals surface area contributed by atoms with Crippen molar-refractivity contribution in [1.29, 1.82) is 0 Å². The molecular weight excluding hydrogens is 132 g/mol. The first kappa shape index (κ1) is 6.40. The molecule has 0 aliphatic carbocycles. The largest absolute Gasteiger partial charge is 0.266 e. The minimum absolute atomic E-state index is 1.44. The Bertz CT molecular complexity index is 149. The van der Waals surface area contributed by atoms with E-state index in [9.17, 15) is 0 Å². The Hall–Kier alpha value is -1.72. The summed E-state index contributed by atoms with van der Waals surface area (Å²) < 4.78 is 0. The summed E-state index contributed by atoms with van der Waals surface area (Å²) in [7, 11) is 0. The third-order valence-electron chi connectivity index (χ3n) is 0.662. The van der Waals surface area contributed by atoms with Crippen molar-refractivity contribution in [2.24, 2.45) is 0 Å². The summed E-state index contributed by atoms with van der Waals surface area (Å²) in [5.41, 5.74) is 0. The zero-order valence-electron chi connectivity index (χ0n) is 5.10. The van der Waals surface area contributed by atoms with Gasteiger partial charge in [0.05, 0.1) is 12.4 Å². The number of nitrogens with zero attached hydrogens (tertiary/aromatic N) is 4. The Morgan fingerprint density at radius 3 is 2.00 bits per heavy atom. The molecule has 6 nitrogen and oxygen atoms in total. The Kier molecular flexibility index (Phi) is 2.68. The standard InChI is InChI=1S/2C2H3N3/c1-3-2-5-4-1;1-2-4-5-3-1/h2*1-2H,(H,3,4,5). The van der Waals surface area contributed by atoms with E-state index in [0.29, 0.717) is 0 Å². The summed E-state index contributed by atoms with van der Waals surface area (Å²) >= 11 is 0. The van der Waals surface area contributed by atoms with E-state index in [1.807, 2.05) is 0 Å². The highest BCUT2D eigenvalue weighted by Crippen LogP contribution is 1.55. The van der Waals surface area contributed by atoms with Gasteiger partial charge < -0.3 is 0 Å². The van der Waals surface area contributed by atoms with Crippen LogP contribution in [0.25, 0.3) is 0 Å². The maximum absolute atomic E-state index is 3.56. The van der Waals surface area contributed by atoms with Crippen LogP contribution in [0.5, 0.6) is 0 Å². The molecular formula is C4H6N6. The number of hydrogen-bond acceptors (Lipinski definition) is 4. The zero-order valence-corrected chi connectivity index (χ0v) is 5.10.